The number of halogens is 1. The van der Waals surface area contributed by atoms with Gasteiger partial charge in [-0.25, -0.2) is 0 Å². The minimum Gasteiger partial charge on any atom is -0.459 e. The van der Waals surface area contributed by atoms with Crippen molar-refractivity contribution in [2.45, 2.75) is 12.3 Å². The highest BCUT2D eigenvalue weighted by Crippen LogP contribution is 2.29. The molecule has 0 spiro atoms. The molecule has 1 unspecified atom stereocenters. The first-order valence-corrected chi connectivity index (χ1v) is 7.66. The summed E-state index contributed by atoms with van der Waals surface area (Å²) in [5.41, 5.74) is 0.210. The quantitative estimate of drug-likeness (QED) is 0.799. The predicted octanol–water partition coefficient (Wildman–Crippen LogP) is 2.08. The Morgan fingerprint density at radius 2 is 2.17 bits per heavy atom. The summed E-state index contributed by atoms with van der Waals surface area (Å²) in [5, 5.41) is 8.73. The van der Waals surface area contributed by atoms with Crippen molar-refractivity contribution in [2.24, 2.45) is 0 Å². The lowest BCUT2D eigenvalue weighted by molar-refractivity contribution is -0.130. The molecule has 7 nitrogen and oxygen atoms in total. The van der Waals surface area contributed by atoms with Gasteiger partial charge in [0.1, 0.15) is 11.4 Å². The number of hydrogen-bond acceptors (Lipinski definition) is 6. The van der Waals surface area contributed by atoms with Gasteiger partial charge in [-0.3, -0.25) is 4.79 Å². The number of hydrogen-bond donors (Lipinski definition) is 0. The van der Waals surface area contributed by atoms with E-state index in [1.165, 1.54) is 6.26 Å². The van der Waals surface area contributed by atoms with Crippen molar-refractivity contribution in [3.05, 3.63) is 24.1 Å². The summed E-state index contributed by atoms with van der Waals surface area (Å²) in [6.07, 6.45) is 1.52. The molecule has 0 aliphatic carbocycles. The van der Waals surface area contributed by atoms with Crippen molar-refractivity contribution in [1.29, 1.82) is 5.26 Å². The van der Waals surface area contributed by atoms with E-state index in [2.05, 4.69) is 4.98 Å². The van der Waals surface area contributed by atoms with Crippen molar-refractivity contribution >= 4 is 23.4 Å². The van der Waals surface area contributed by atoms with Crippen LogP contribution in [0.1, 0.15) is 12.6 Å². The van der Waals surface area contributed by atoms with E-state index in [-0.39, 0.29) is 17.5 Å². The van der Waals surface area contributed by atoms with Gasteiger partial charge in [0.25, 0.3) is 5.89 Å². The molecule has 2 aromatic rings. The third kappa shape index (κ3) is 3.03. The van der Waals surface area contributed by atoms with Crippen LogP contribution in [0.25, 0.3) is 11.7 Å². The van der Waals surface area contributed by atoms with Crippen molar-refractivity contribution in [3.63, 3.8) is 0 Å². The second kappa shape index (κ2) is 6.34. The van der Waals surface area contributed by atoms with Crippen molar-refractivity contribution < 1.29 is 13.6 Å². The minimum atomic E-state index is -0.535. The third-order valence-electron chi connectivity index (χ3n) is 3.67. The monoisotopic (exact) mass is 334 g/mol. The van der Waals surface area contributed by atoms with Gasteiger partial charge in [0.2, 0.25) is 17.5 Å². The molecular formula is C15H15ClN4O3. The maximum absolute atomic E-state index is 11.9. The van der Waals surface area contributed by atoms with Gasteiger partial charge in [-0.2, -0.15) is 10.2 Å². The van der Waals surface area contributed by atoms with Gasteiger partial charge in [0, 0.05) is 26.2 Å². The van der Waals surface area contributed by atoms with E-state index in [0.29, 0.717) is 37.8 Å². The summed E-state index contributed by atoms with van der Waals surface area (Å²) in [7, 11) is 0. The Kier molecular flexibility index (Phi) is 4.26. The van der Waals surface area contributed by atoms with Gasteiger partial charge in [-0.05, 0) is 19.1 Å². The molecule has 23 heavy (non-hydrogen) atoms. The maximum Gasteiger partial charge on any atom is 0.266 e. The average molecular weight is 335 g/mol. The first kappa shape index (κ1) is 15.4. The second-order valence-electron chi connectivity index (χ2n) is 5.19. The lowest BCUT2D eigenvalue weighted by Gasteiger charge is -2.35. The highest BCUT2D eigenvalue weighted by Gasteiger charge is 2.28. The molecule has 120 valence electrons. The van der Waals surface area contributed by atoms with Gasteiger partial charge >= 0.3 is 0 Å². The molecule has 0 bridgehead atoms. The summed E-state index contributed by atoms with van der Waals surface area (Å²) < 4.78 is 10.9. The number of nitriles is 1. The Labute approximate surface area is 138 Å². The number of nitrogens with zero attached hydrogens (tertiary/aromatic N) is 4. The maximum atomic E-state index is 11.9. The molecule has 0 aromatic carbocycles. The smallest absolute Gasteiger partial charge is 0.266 e. The number of furan rings is 1. The van der Waals surface area contributed by atoms with E-state index >= 15 is 0 Å². The van der Waals surface area contributed by atoms with Crippen LogP contribution < -0.4 is 4.90 Å². The summed E-state index contributed by atoms with van der Waals surface area (Å²) in [6, 6.07) is 5.48. The molecule has 3 rings (SSSR count). The second-order valence-corrected chi connectivity index (χ2v) is 5.84. The number of amides is 1. The number of rotatable bonds is 3. The fourth-order valence-corrected chi connectivity index (χ4v) is 2.62. The summed E-state index contributed by atoms with van der Waals surface area (Å²) in [6.45, 7) is 3.82. The SMILES string of the molecule is CC(Cl)C(=O)N1CCN(c2oc(-c3ccco3)nc2C#N)CC1. The lowest BCUT2D eigenvalue weighted by Crippen LogP contribution is -2.50. The molecule has 1 aliphatic heterocycles. The largest absolute Gasteiger partial charge is 0.459 e. The molecule has 1 aliphatic rings. The van der Waals surface area contributed by atoms with Crippen molar-refractivity contribution in [2.75, 3.05) is 31.1 Å². The number of oxazole rings is 1. The predicted molar refractivity (Wildman–Crippen MR) is 83.0 cm³/mol. The van der Waals surface area contributed by atoms with E-state index in [1.807, 2.05) is 11.0 Å². The molecule has 0 saturated carbocycles. The average Bonchev–Trinajstić information content (AvgIpc) is 3.23. The number of carbonyl (C=O) groups is 1. The van der Waals surface area contributed by atoms with Gasteiger partial charge in [0.05, 0.1) is 6.26 Å². The number of carbonyl (C=O) groups excluding carboxylic acids is 1. The van der Waals surface area contributed by atoms with Crippen LogP contribution in [-0.4, -0.2) is 47.3 Å². The van der Waals surface area contributed by atoms with Crippen LogP contribution in [0.4, 0.5) is 5.88 Å². The van der Waals surface area contributed by atoms with Crippen LogP contribution in [0.5, 0.6) is 0 Å². The van der Waals surface area contributed by atoms with E-state index in [1.54, 1.807) is 24.0 Å². The van der Waals surface area contributed by atoms with Gasteiger partial charge in [0.15, 0.2) is 5.76 Å². The van der Waals surface area contributed by atoms with Crippen molar-refractivity contribution in [3.8, 4) is 17.7 Å². The van der Waals surface area contributed by atoms with E-state index in [9.17, 15) is 10.1 Å². The standard InChI is InChI=1S/C15H15ClN4O3/c1-10(16)14(21)19-4-6-20(7-5-19)15-11(9-17)18-13(23-15)12-3-2-8-22-12/h2-3,8,10H,4-7H2,1H3. The topological polar surface area (TPSA) is 86.5 Å². The zero-order chi connectivity index (χ0) is 16.4. The Balaban J connectivity index is 1.76. The Morgan fingerprint density at radius 3 is 2.74 bits per heavy atom. The Morgan fingerprint density at radius 1 is 1.43 bits per heavy atom. The molecule has 1 atom stereocenters. The zero-order valence-corrected chi connectivity index (χ0v) is 13.3. The third-order valence-corrected chi connectivity index (χ3v) is 3.85. The first-order valence-electron chi connectivity index (χ1n) is 7.22. The molecule has 3 heterocycles. The highest BCUT2D eigenvalue weighted by atomic mass is 35.5. The Bertz CT molecular complexity index is 724. The fraction of sp³-hybridized carbons (Fsp3) is 0.400. The molecule has 1 fully saturated rings. The molecule has 0 radical (unpaired) electrons. The lowest BCUT2D eigenvalue weighted by atomic mass is 10.2. The van der Waals surface area contributed by atoms with Crippen LogP contribution >= 0.6 is 11.6 Å². The molecule has 8 heteroatoms. The molecule has 1 saturated heterocycles. The van der Waals surface area contributed by atoms with E-state index in [4.69, 9.17) is 20.4 Å². The molecule has 0 N–H and O–H groups in total. The number of alkyl halides is 1. The summed E-state index contributed by atoms with van der Waals surface area (Å²) in [5.74, 6) is 1.07. The summed E-state index contributed by atoms with van der Waals surface area (Å²) in [4.78, 5) is 19.7. The fourth-order valence-electron chi connectivity index (χ4n) is 2.49. The van der Waals surface area contributed by atoms with Crippen LogP contribution in [0.2, 0.25) is 0 Å². The molecular weight excluding hydrogens is 320 g/mol. The van der Waals surface area contributed by atoms with Crippen LogP contribution in [0.15, 0.2) is 27.2 Å². The zero-order valence-electron chi connectivity index (χ0n) is 12.5. The molecule has 2 aromatic heterocycles. The van der Waals surface area contributed by atoms with Crippen LogP contribution in [0.3, 0.4) is 0 Å². The van der Waals surface area contributed by atoms with E-state index < -0.39 is 5.38 Å². The normalized spacial score (nSPS) is 16.2. The van der Waals surface area contributed by atoms with Crippen molar-refractivity contribution in [1.82, 2.24) is 9.88 Å². The Hall–Kier alpha value is -2.46. The highest BCUT2D eigenvalue weighted by molar-refractivity contribution is 6.30. The minimum absolute atomic E-state index is 0.0827. The van der Waals surface area contributed by atoms with Gasteiger partial charge in [-0.1, -0.05) is 0 Å². The van der Waals surface area contributed by atoms with Crippen LogP contribution in [0, 0.1) is 11.3 Å². The number of piperazine rings is 1. The number of anilines is 1. The van der Waals surface area contributed by atoms with E-state index in [0.717, 1.165) is 0 Å². The first-order chi connectivity index (χ1) is 11.1. The van der Waals surface area contributed by atoms with Gasteiger partial charge < -0.3 is 18.6 Å². The van der Waals surface area contributed by atoms with Crippen LogP contribution in [-0.2, 0) is 4.79 Å². The number of aromatic nitrogens is 1. The summed E-state index contributed by atoms with van der Waals surface area (Å²) >= 11 is 5.84. The molecule has 1 amide bonds. The van der Waals surface area contributed by atoms with Gasteiger partial charge in [-0.15, -0.1) is 11.6 Å².